The van der Waals surface area contributed by atoms with E-state index in [2.05, 4.69) is 22.9 Å². The Labute approximate surface area is 122 Å². The van der Waals surface area contributed by atoms with Crippen LogP contribution >= 0.6 is 0 Å². The molecule has 2 atom stereocenters. The maximum atomic E-state index is 12.5. The molecule has 2 amide bonds. The molecule has 116 valence electrons. The van der Waals surface area contributed by atoms with Crippen LogP contribution in [0.25, 0.3) is 0 Å². The largest absolute Gasteiger partial charge is 0.350 e. The van der Waals surface area contributed by atoms with Gasteiger partial charge in [-0.25, -0.2) is 0 Å². The highest BCUT2D eigenvalue weighted by molar-refractivity contribution is 5.90. The third-order valence-electron chi connectivity index (χ3n) is 3.69. The number of hydrogen-bond donors (Lipinski definition) is 3. The lowest BCUT2D eigenvalue weighted by molar-refractivity contribution is -0.135. The molecule has 3 N–H and O–H groups in total. The molecule has 0 bridgehead atoms. The zero-order chi connectivity index (χ0) is 15.4. The van der Waals surface area contributed by atoms with Crippen molar-refractivity contribution in [2.45, 2.75) is 65.5 Å². The van der Waals surface area contributed by atoms with Crippen LogP contribution in [-0.2, 0) is 9.59 Å². The first kappa shape index (κ1) is 17.0. The average Bonchev–Trinajstić information content (AvgIpc) is 2.77. The Morgan fingerprint density at radius 3 is 2.45 bits per heavy atom. The molecule has 20 heavy (non-hydrogen) atoms. The Hall–Kier alpha value is -1.10. The zero-order valence-electron chi connectivity index (χ0n) is 13.4. The fraction of sp³-hybridized carbons (Fsp3) is 0.867. The molecule has 1 aliphatic rings. The Morgan fingerprint density at radius 2 is 2.00 bits per heavy atom. The van der Waals surface area contributed by atoms with Crippen molar-refractivity contribution in [3.05, 3.63) is 0 Å². The van der Waals surface area contributed by atoms with Crippen molar-refractivity contribution in [3.63, 3.8) is 0 Å². The molecule has 1 heterocycles. The standard InChI is InChI=1S/C15H29N3O2/c1-6-7-15(8-9-16-10-15)13(20)17-11(2)12(19)18-14(3,4)5/h11,16H,6-10H2,1-5H3,(H,17,20)(H,18,19). The highest BCUT2D eigenvalue weighted by atomic mass is 16.2. The first-order valence-electron chi connectivity index (χ1n) is 7.54. The van der Waals surface area contributed by atoms with E-state index in [4.69, 9.17) is 0 Å². The van der Waals surface area contributed by atoms with Gasteiger partial charge in [0.2, 0.25) is 11.8 Å². The number of hydrogen-bond acceptors (Lipinski definition) is 3. The summed E-state index contributed by atoms with van der Waals surface area (Å²) in [7, 11) is 0. The monoisotopic (exact) mass is 283 g/mol. The molecule has 5 nitrogen and oxygen atoms in total. The molecule has 1 rings (SSSR count). The molecule has 1 fully saturated rings. The van der Waals surface area contributed by atoms with E-state index in [9.17, 15) is 9.59 Å². The topological polar surface area (TPSA) is 70.2 Å². The second-order valence-corrected chi connectivity index (χ2v) is 6.89. The van der Waals surface area contributed by atoms with Crippen LogP contribution in [0, 0.1) is 5.41 Å². The SMILES string of the molecule is CCCC1(C(=O)NC(C)C(=O)NC(C)(C)C)CCNC1. The zero-order valence-corrected chi connectivity index (χ0v) is 13.4. The number of nitrogens with one attached hydrogen (secondary N) is 3. The van der Waals surface area contributed by atoms with E-state index in [0.717, 1.165) is 25.8 Å². The van der Waals surface area contributed by atoms with Crippen molar-refractivity contribution >= 4 is 11.8 Å². The summed E-state index contributed by atoms with van der Waals surface area (Å²) in [5.74, 6) is -0.135. The molecular formula is C15H29N3O2. The van der Waals surface area contributed by atoms with Crippen molar-refractivity contribution < 1.29 is 9.59 Å². The molecule has 0 aromatic heterocycles. The fourth-order valence-corrected chi connectivity index (χ4v) is 2.64. The van der Waals surface area contributed by atoms with Crippen LogP contribution < -0.4 is 16.0 Å². The quantitative estimate of drug-likeness (QED) is 0.710. The summed E-state index contributed by atoms with van der Waals surface area (Å²) in [6, 6.07) is -0.504. The fourth-order valence-electron chi connectivity index (χ4n) is 2.64. The maximum absolute atomic E-state index is 12.5. The van der Waals surface area contributed by atoms with Gasteiger partial charge in [-0.15, -0.1) is 0 Å². The highest BCUT2D eigenvalue weighted by Gasteiger charge is 2.41. The summed E-state index contributed by atoms with van der Waals surface area (Å²) in [5.41, 5.74) is -0.628. The van der Waals surface area contributed by atoms with Crippen LogP contribution in [0.15, 0.2) is 0 Å². The molecule has 5 heteroatoms. The van der Waals surface area contributed by atoms with Crippen molar-refractivity contribution in [1.82, 2.24) is 16.0 Å². The molecule has 1 aliphatic heterocycles. The lowest BCUT2D eigenvalue weighted by atomic mass is 9.81. The Kier molecular flexibility index (Phi) is 5.57. The second-order valence-electron chi connectivity index (χ2n) is 6.89. The third-order valence-corrected chi connectivity index (χ3v) is 3.69. The molecule has 0 spiro atoms. The summed E-state index contributed by atoms with van der Waals surface area (Å²) >= 11 is 0. The van der Waals surface area contributed by atoms with Gasteiger partial charge in [-0.05, 0) is 47.1 Å². The summed E-state index contributed by atoms with van der Waals surface area (Å²) in [4.78, 5) is 24.5. The third kappa shape index (κ3) is 4.47. The predicted molar refractivity (Wildman–Crippen MR) is 80.3 cm³/mol. The van der Waals surface area contributed by atoms with Crippen LogP contribution in [0.2, 0.25) is 0 Å². The van der Waals surface area contributed by atoms with E-state index in [-0.39, 0.29) is 22.8 Å². The Bertz CT molecular complexity index is 355. The van der Waals surface area contributed by atoms with Crippen molar-refractivity contribution in [3.8, 4) is 0 Å². The van der Waals surface area contributed by atoms with Gasteiger partial charge in [0, 0.05) is 12.1 Å². The van der Waals surface area contributed by atoms with Gasteiger partial charge in [0.25, 0.3) is 0 Å². The number of amides is 2. The van der Waals surface area contributed by atoms with Gasteiger partial charge >= 0.3 is 0 Å². The molecule has 2 unspecified atom stereocenters. The first-order chi connectivity index (χ1) is 9.20. The second kappa shape index (κ2) is 6.57. The van der Waals surface area contributed by atoms with E-state index in [1.165, 1.54) is 0 Å². The molecule has 0 saturated carbocycles. The first-order valence-corrected chi connectivity index (χ1v) is 7.54. The smallest absolute Gasteiger partial charge is 0.242 e. The van der Waals surface area contributed by atoms with Gasteiger partial charge in [-0.1, -0.05) is 13.3 Å². The van der Waals surface area contributed by atoms with E-state index < -0.39 is 6.04 Å². The van der Waals surface area contributed by atoms with E-state index >= 15 is 0 Å². The summed E-state index contributed by atoms with van der Waals surface area (Å²) in [5, 5.41) is 9.03. The van der Waals surface area contributed by atoms with Gasteiger partial charge < -0.3 is 16.0 Å². The van der Waals surface area contributed by atoms with Crippen LogP contribution in [-0.4, -0.2) is 36.5 Å². The lowest BCUT2D eigenvalue weighted by Gasteiger charge is -2.29. The van der Waals surface area contributed by atoms with E-state index in [1.54, 1.807) is 6.92 Å². The highest BCUT2D eigenvalue weighted by Crippen LogP contribution is 2.31. The van der Waals surface area contributed by atoms with E-state index in [1.807, 2.05) is 20.8 Å². The van der Waals surface area contributed by atoms with Gasteiger partial charge in [-0.3, -0.25) is 9.59 Å². The van der Waals surface area contributed by atoms with Crippen LogP contribution in [0.5, 0.6) is 0 Å². The molecule has 0 aliphatic carbocycles. The Morgan fingerprint density at radius 1 is 1.35 bits per heavy atom. The molecule has 1 saturated heterocycles. The molecule has 0 aromatic carbocycles. The van der Waals surface area contributed by atoms with Crippen molar-refractivity contribution in [1.29, 1.82) is 0 Å². The maximum Gasteiger partial charge on any atom is 0.242 e. The summed E-state index contributed by atoms with van der Waals surface area (Å²) < 4.78 is 0. The summed E-state index contributed by atoms with van der Waals surface area (Å²) in [6.45, 7) is 11.2. The van der Waals surface area contributed by atoms with E-state index in [0.29, 0.717) is 6.54 Å². The number of carbonyl (C=O) groups excluding carboxylic acids is 2. The minimum Gasteiger partial charge on any atom is -0.350 e. The van der Waals surface area contributed by atoms with Crippen molar-refractivity contribution in [2.24, 2.45) is 5.41 Å². The van der Waals surface area contributed by atoms with Crippen LogP contribution in [0.1, 0.15) is 53.9 Å². The molecule has 0 radical (unpaired) electrons. The Balaban J connectivity index is 2.62. The average molecular weight is 283 g/mol. The normalized spacial score (nSPS) is 24.2. The van der Waals surface area contributed by atoms with Gasteiger partial charge in [0.1, 0.15) is 6.04 Å². The van der Waals surface area contributed by atoms with Crippen molar-refractivity contribution in [2.75, 3.05) is 13.1 Å². The van der Waals surface area contributed by atoms with Crippen LogP contribution in [0.4, 0.5) is 0 Å². The summed E-state index contributed by atoms with van der Waals surface area (Å²) in [6.07, 6.45) is 2.68. The van der Waals surface area contributed by atoms with Gasteiger partial charge in [-0.2, -0.15) is 0 Å². The number of rotatable bonds is 5. The van der Waals surface area contributed by atoms with Gasteiger partial charge in [0.15, 0.2) is 0 Å². The predicted octanol–water partition coefficient (Wildman–Crippen LogP) is 1.19. The van der Waals surface area contributed by atoms with Gasteiger partial charge in [0.05, 0.1) is 5.41 Å². The van der Waals surface area contributed by atoms with Crippen LogP contribution in [0.3, 0.4) is 0 Å². The minimum atomic E-state index is -0.504. The number of carbonyl (C=O) groups is 2. The molecular weight excluding hydrogens is 254 g/mol. The molecule has 0 aromatic rings. The minimum absolute atomic E-state index is 0.000842. The lowest BCUT2D eigenvalue weighted by Crippen LogP contribution is -2.54.